The Bertz CT molecular complexity index is 598. The molecule has 5 heteroatoms. The number of rotatable bonds is 2. The largest absolute Gasteiger partial charge is 0.262 e. The van der Waals surface area contributed by atoms with Crippen molar-refractivity contribution in [2.24, 2.45) is 7.05 Å². The van der Waals surface area contributed by atoms with Crippen LogP contribution in [-0.4, -0.2) is 9.78 Å². The van der Waals surface area contributed by atoms with Crippen LogP contribution in [0.5, 0.6) is 0 Å². The average molecular weight is 247 g/mol. The summed E-state index contributed by atoms with van der Waals surface area (Å²) in [5.74, 6) is -0.396. The molecule has 1 heterocycles. The van der Waals surface area contributed by atoms with E-state index in [9.17, 15) is 4.39 Å². The van der Waals surface area contributed by atoms with Crippen molar-refractivity contribution >= 4 is 11.8 Å². The lowest BCUT2D eigenvalue weighted by Gasteiger charge is -2.03. The van der Waals surface area contributed by atoms with E-state index >= 15 is 0 Å². The van der Waals surface area contributed by atoms with Gasteiger partial charge in [0.1, 0.15) is 11.9 Å². The first-order chi connectivity index (χ1) is 8.10. The van der Waals surface area contributed by atoms with Gasteiger partial charge in [0.05, 0.1) is 16.3 Å². The van der Waals surface area contributed by atoms with E-state index in [1.807, 2.05) is 26.1 Å². The minimum absolute atomic E-state index is 0.342. The third-order valence-electron chi connectivity index (χ3n) is 2.24. The summed E-state index contributed by atoms with van der Waals surface area (Å²) < 4.78 is 14.7. The van der Waals surface area contributed by atoms with E-state index in [0.717, 1.165) is 15.6 Å². The molecule has 0 spiro atoms. The number of aryl methyl sites for hydroxylation is 2. The zero-order chi connectivity index (χ0) is 12.4. The molecule has 0 saturated heterocycles. The Balaban J connectivity index is 2.37. The fraction of sp³-hybridized carbons (Fsp3) is 0.167. The summed E-state index contributed by atoms with van der Waals surface area (Å²) in [5, 5.41) is 14.1. The van der Waals surface area contributed by atoms with Crippen LogP contribution in [0.15, 0.2) is 34.2 Å². The second-order valence-corrected chi connectivity index (χ2v) is 4.66. The monoisotopic (exact) mass is 247 g/mol. The number of hydrogen-bond donors (Lipinski definition) is 0. The van der Waals surface area contributed by atoms with Gasteiger partial charge < -0.3 is 0 Å². The molecule has 0 radical (unpaired) electrons. The number of benzene rings is 1. The van der Waals surface area contributed by atoms with Crippen molar-refractivity contribution in [1.29, 1.82) is 5.26 Å². The molecule has 17 heavy (non-hydrogen) atoms. The van der Waals surface area contributed by atoms with Gasteiger partial charge in [-0.3, -0.25) is 4.68 Å². The first kappa shape index (κ1) is 11.7. The van der Waals surface area contributed by atoms with E-state index in [2.05, 4.69) is 5.10 Å². The number of nitriles is 1. The Labute approximate surface area is 103 Å². The Morgan fingerprint density at radius 3 is 2.76 bits per heavy atom. The highest BCUT2D eigenvalue weighted by Crippen LogP contribution is 2.30. The third-order valence-corrected chi connectivity index (χ3v) is 3.40. The van der Waals surface area contributed by atoms with Gasteiger partial charge in [0, 0.05) is 11.9 Å². The second-order valence-electron chi connectivity index (χ2n) is 3.60. The number of hydrogen-bond acceptors (Lipinski definition) is 3. The summed E-state index contributed by atoms with van der Waals surface area (Å²) in [5.41, 5.74) is 1.25. The number of aromatic nitrogens is 2. The molecule has 1 aromatic carbocycles. The lowest BCUT2D eigenvalue weighted by atomic mass is 10.2. The van der Waals surface area contributed by atoms with E-state index in [1.165, 1.54) is 23.9 Å². The van der Waals surface area contributed by atoms with Gasteiger partial charge in [0.15, 0.2) is 0 Å². The highest BCUT2D eigenvalue weighted by Gasteiger charge is 2.09. The summed E-state index contributed by atoms with van der Waals surface area (Å²) in [7, 11) is 1.84. The molecule has 0 amide bonds. The minimum atomic E-state index is -0.396. The lowest BCUT2D eigenvalue weighted by molar-refractivity contribution is 0.626. The summed E-state index contributed by atoms with van der Waals surface area (Å²) in [6.45, 7) is 1.90. The summed E-state index contributed by atoms with van der Waals surface area (Å²) in [6, 6.07) is 8.13. The van der Waals surface area contributed by atoms with Gasteiger partial charge in [-0.25, -0.2) is 4.39 Å². The van der Waals surface area contributed by atoms with Crippen LogP contribution < -0.4 is 0 Å². The topological polar surface area (TPSA) is 41.6 Å². The molecule has 0 fully saturated rings. The molecule has 0 aliphatic heterocycles. The van der Waals surface area contributed by atoms with Gasteiger partial charge in [0.25, 0.3) is 0 Å². The molecular weight excluding hydrogens is 237 g/mol. The smallest absolute Gasteiger partial charge is 0.124 e. The lowest BCUT2D eigenvalue weighted by Crippen LogP contribution is -1.93. The Morgan fingerprint density at radius 2 is 2.18 bits per heavy atom. The zero-order valence-electron chi connectivity index (χ0n) is 9.44. The predicted molar refractivity (Wildman–Crippen MR) is 63.2 cm³/mol. The quantitative estimate of drug-likeness (QED) is 0.819. The average Bonchev–Trinajstić information content (AvgIpc) is 2.60. The molecule has 0 saturated carbocycles. The molecule has 1 aromatic heterocycles. The number of halogens is 1. The van der Waals surface area contributed by atoms with Crippen molar-refractivity contribution in [2.45, 2.75) is 16.8 Å². The minimum Gasteiger partial charge on any atom is -0.262 e. The molecule has 86 valence electrons. The summed E-state index contributed by atoms with van der Waals surface area (Å²) in [4.78, 5) is 0.733. The van der Waals surface area contributed by atoms with Crippen molar-refractivity contribution in [2.75, 3.05) is 0 Å². The van der Waals surface area contributed by atoms with Crippen molar-refractivity contribution in [3.63, 3.8) is 0 Å². The molecule has 3 nitrogen and oxygen atoms in total. The molecule has 0 bridgehead atoms. The third kappa shape index (κ3) is 2.48. The van der Waals surface area contributed by atoms with Crippen LogP contribution >= 0.6 is 11.8 Å². The molecule has 0 aliphatic rings. The van der Waals surface area contributed by atoms with Gasteiger partial charge in [-0.2, -0.15) is 10.4 Å². The molecule has 2 aromatic rings. The van der Waals surface area contributed by atoms with E-state index < -0.39 is 5.82 Å². The maximum atomic E-state index is 13.0. The molecule has 0 atom stereocenters. The van der Waals surface area contributed by atoms with Gasteiger partial charge in [-0.15, -0.1) is 0 Å². The van der Waals surface area contributed by atoms with Gasteiger partial charge in [-0.1, -0.05) is 11.8 Å². The summed E-state index contributed by atoms with van der Waals surface area (Å²) >= 11 is 1.41. The SMILES string of the molecule is Cc1cc(Sc2ccc(F)cc2C#N)n(C)n1. The van der Waals surface area contributed by atoms with E-state index in [-0.39, 0.29) is 0 Å². The van der Waals surface area contributed by atoms with Crippen LogP contribution in [0.1, 0.15) is 11.3 Å². The van der Waals surface area contributed by atoms with Gasteiger partial charge in [-0.05, 0) is 31.2 Å². The molecule has 2 rings (SSSR count). The van der Waals surface area contributed by atoms with E-state index in [0.29, 0.717) is 5.56 Å². The second kappa shape index (κ2) is 4.60. The highest BCUT2D eigenvalue weighted by molar-refractivity contribution is 7.99. The van der Waals surface area contributed by atoms with Crippen LogP contribution in [0.2, 0.25) is 0 Å². The van der Waals surface area contributed by atoms with Crippen LogP contribution in [0.3, 0.4) is 0 Å². The zero-order valence-corrected chi connectivity index (χ0v) is 10.3. The van der Waals surface area contributed by atoms with Crippen molar-refractivity contribution in [3.8, 4) is 6.07 Å². The van der Waals surface area contributed by atoms with Crippen molar-refractivity contribution < 1.29 is 4.39 Å². The molecular formula is C12H10FN3S. The fourth-order valence-corrected chi connectivity index (χ4v) is 2.45. The Hall–Kier alpha value is -1.80. The van der Waals surface area contributed by atoms with Crippen LogP contribution in [0.25, 0.3) is 0 Å². The molecule has 0 unspecified atom stereocenters. The molecule has 0 aliphatic carbocycles. The maximum Gasteiger partial charge on any atom is 0.124 e. The van der Waals surface area contributed by atoms with Gasteiger partial charge in [0.2, 0.25) is 0 Å². The van der Waals surface area contributed by atoms with Crippen LogP contribution in [0, 0.1) is 24.1 Å². The first-order valence-corrected chi connectivity index (χ1v) is 5.80. The first-order valence-electron chi connectivity index (χ1n) is 4.98. The summed E-state index contributed by atoms with van der Waals surface area (Å²) in [6.07, 6.45) is 0. The fourth-order valence-electron chi connectivity index (χ4n) is 1.47. The van der Waals surface area contributed by atoms with E-state index in [1.54, 1.807) is 10.7 Å². The van der Waals surface area contributed by atoms with Gasteiger partial charge >= 0.3 is 0 Å². The molecule has 0 N–H and O–H groups in total. The van der Waals surface area contributed by atoms with Crippen molar-refractivity contribution in [3.05, 3.63) is 41.3 Å². The Kier molecular flexibility index (Phi) is 3.16. The normalized spacial score (nSPS) is 10.2. The standard InChI is InChI=1S/C12H10FN3S/c1-8-5-12(16(2)15-8)17-11-4-3-10(13)6-9(11)7-14/h3-6H,1-2H3. The highest BCUT2D eigenvalue weighted by atomic mass is 32.2. The number of nitrogens with zero attached hydrogens (tertiary/aromatic N) is 3. The van der Waals surface area contributed by atoms with Crippen LogP contribution in [-0.2, 0) is 7.05 Å². The maximum absolute atomic E-state index is 13.0. The van der Waals surface area contributed by atoms with Crippen LogP contribution in [0.4, 0.5) is 4.39 Å². The van der Waals surface area contributed by atoms with Crippen molar-refractivity contribution in [1.82, 2.24) is 9.78 Å². The predicted octanol–water partition coefficient (Wildman–Crippen LogP) is 2.89. The Morgan fingerprint density at radius 1 is 1.41 bits per heavy atom. The van der Waals surface area contributed by atoms with E-state index in [4.69, 9.17) is 5.26 Å².